The Morgan fingerprint density at radius 2 is 1.94 bits per heavy atom. The molecule has 0 N–H and O–H groups in total. The summed E-state index contributed by atoms with van der Waals surface area (Å²) in [5.41, 5.74) is 2.11. The summed E-state index contributed by atoms with van der Waals surface area (Å²) in [6.07, 6.45) is 5.32. The van der Waals surface area contributed by atoms with Crippen molar-refractivity contribution in [3.63, 3.8) is 0 Å². The Morgan fingerprint density at radius 3 is 2.59 bits per heavy atom. The fourth-order valence-corrected chi connectivity index (χ4v) is 3.41. The minimum Gasteiger partial charge on any atom is -0.381 e. The van der Waals surface area contributed by atoms with Gasteiger partial charge in [-0.25, -0.2) is 0 Å². The molecule has 0 aromatic heterocycles. The lowest BCUT2D eigenvalue weighted by Gasteiger charge is -2.35. The number of carbonyl (C=O) groups excluding carboxylic acids is 1. The zero-order valence-corrected chi connectivity index (χ0v) is 10.2. The molecule has 1 saturated carbocycles. The van der Waals surface area contributed by atoms with Crippen LogP contribution in [-0.4, -0.2) is 19.0 Å². The first kappa shape index (κ1) is 11.0. The Hall–Kier alpha value is -1.15. The van der Waals surface area contributed by atoms with Gasteiger partial charge in [-0.05, 0) is 37.7 Å². The molecule has 0 bridgehead atoms. The van der Waals surface area contributed by atoms with Crippen LogP contribution in [0.25, 0.3) is 0 Å². The Labute approximate surface area is 102 Å². The van der Waals surface area contributed by atoms with E-state index in [2.05, 4.69) is 6.07 Å². The first-order valence-corrected chi connectivity index (χ1v) is 6.41. The summed E-state index contributed by atoms with van der Waals surface area (Å²) in [5.74, 6) is 0.377. The molecule has 3 rings (SSSR count). The molecule has 0 unspecified atom stereocenters. The summed E-state index contributed by atoms with van der Waals surface area (Å²) in [5, 5.41) is 0. The number of Topliss-reactive ketones (excluding diaryl/α,β-unsaturated/α-hetero) is 1. The van der Waals surface area contributed by atoms with Crippen LogP contribution >= 0.6 is 0 Å². The van der Waals surface area contributed by atoms with Crippen molar-refractivity contribution >= 4 is 5.78 Å². The highest BCUT2D eigenvalue weighted by atomic mass is 16.5. The summed E-state index contributed by atoms with van der Waals surface area (Å²) in [6, 6.07) is 8.08. The predicted molar refractivity (Wildman–Crippen MR) is 66.2 cm³/mol. The van der Waals surface area contributed by atoms with E-state index < -0.39 is 0 Å². The molecule has 0 atom stereocenters. The number of methoxy groups -OCH3 is 1. The van der Waals surface area contributed by atoms with Crippen molar-refractivity contribution in [1.29, 1.82) is 0 Å². The number of rotatable bonds is 1. The maximum atomic E-state index is 12.5. The number of fused-ring (bicyclic) bond motifs is 1. The maximum absolute atomic E-state index is 12.5. The topological polar surface area (TPSA) is 26.3 Å². The summed E-state index contributed by atoms with van der Waals surface area (Å²) in [4.78, 5) is 12.5. The lowest BCUT2D eigenvalue weighted by atomic mass is 9.70. The van der Waals surface area contributed by atoms with E-state index in [0.29, 0.717) is 11.9 Å². The molecule has 1 aromatic rings. The van der Waals surface area contributed by atoms with Gasteiger partial charge in [-0.2, -0.15) is 0 Å². The largest absolute Gasteiger partial charge is 0.381 e. The number of hydrogen-bond acceptors (Lipinski definition) is 2. The molecule has 90 valence electrons. The quantitative estimate of drug-likeness (QED) is 0.741. The minimum atomic E-state index is -0.0985. The van der Waals surface area contributed by atoms with E-state index in [-0.39, 0.29) is 5.41 Å². The summed E-state index contributed by atoms with van der Waals surface area (Å²) in [7, 11) is 1.77. The van der Waals surface area contributed by atoms with Gasteiger partial charge in [0.25, 0.3) is 0 Å². The summed E-state index contributed by atoms with van der Waals surface area (Å²) >= 11 is 0. The lowest BCUT2D eigenvalue weighted by molar-refractivity contribution is 0.0285. The van der Waals surface area contributed by atoms with Gasteiger partial charge in [0.15, 0.2) is 5.78 Å². The predicted octanol–water partition coefficient (Wildman–Crippen LogP) is 3.00. The van der Waals surface area contributed by atoms with Gasteiger partial charge in [0.05, 0.1) is 6.10 Å². The molecule has 0 saturated heterocycles. The van der Waals surface area contributed by atoms with Crippen LogP contribution in [-0.2, 0) is 11.2 Å². The number of hydrogen-bond donors (Lipinski definition) is 0. The molecule has 17 heavy (non-hydrogen) atoms. The van der Waals surface area contributed by atoms with Crippen molar-refractivity contribution in [1.82, 2.24) is 0 Å². The number of ketones is 1. The van der Waals surface area contributed by atoms with E-state index in [4.69, 9.17) is 4.74 Å². The van der Waals surface area contributed by atoms with Crippen molar-refractivity contribution in [3.05, 3.63) is 35.4 Å². The van der Waals surface area contributed by atoms with E-state index in [1.165, 1.54) is 5.56 Å². The van der Waals surface area contributed by atoms with Crippen LogP contribution in [0.2, 0.25) is 0 Å². The molecule has 2 nitrogen and oxygen atoms in total. The second kappa shape index (κ2) is 3.95. The van der Waals surface area contributed by atoms with Gasteiger partial charge < -0.3 is 4.74 Å². The highest BCUT2D eigenvalue weighted by Crippen LogP contribution is 2.47. The van der Waals surface area contributed by atoms with Gasteiger partial charge in [-0.1, -0.05) is 24.3 Å². The number of benzene rings is 1. The van der Waals surface area contributed by atoms with Crippen LogP contribution in [0.1, 0.15) is 41.6 Å². The lowest BCUT2D eigenvalue weighted by Crippen LogP contribution is -2.35. The average Bonchev–Trinajstić information content (AvgIpc) is 2.65. The van der Waals surface area contributed by atoms with Crippen LogP contribution in [0, 0.1) is 5.41 Å². The first-order chi connectivity index (χ1) is 8.25. The molecule has 0 heterocycles. The van der Waals surface area contributed by atoms with Crippen molar-refractivity contribution in [2.24, 2.45) is 5.41 Å². The molecule has 0 radical (unpaired) electrons. The molecule has 0 aliphatic heterocycles. The van der Waals surface area contributed by atoms with E-state index in [1.54, 1.807) is 7.11 Å². The fraction of sp³-hybridized carbons (Fsp3) is 0.533. The minimum absolute atomic E-state index is 0.0985. The zero-order valence-electron chi connectivity index (χ0n) is 10.2. The zero-order chi connectivity index (χ0) is 11.9. The summed E-state index contributed by atoms with van der Waals surface area (Å²) in [6.45, 7) is 0. The highest BCUT2D eigenvalue weighted by Gasteiger charge is 2.46. The molecule has 2 heteroatoms. The van der Waals surface area contributed by atoms with Crippen LogP contribution in [0.3, 0.4) is 0 Å². The van der Waals surface area contributed by atoms with E-state index >= 15 is 0 Å². The van der Waals surface area contributed by atoms with Gasteiger partial charge in [-0.3, -0.25) is 4.79 Å². The molecule has 0 amide bonds. The third kappa shape index (κ3) is 1.62. The van der Waals surface area contributed by atoms with Gasteiger partial charge in [0, 0.05) is 18.1 Å². The number of carbonyl (C=O) groups is 1. The van der Waals surface area contributed by atoms with Crippen molar-refractivity contribution in [2.45, 2.75) is 38.2 Å². The molecule has 1 aromatic carbocycles. The molecular weight excluding hydrogens is 212 g/mol. The van der Waals surface area contributed by atoms with E-state index in [9.17, 15) is 4.79 Å². The van der Waals surface area contributed by atoms with E-state index in [1.807, 2.05) is 18.2 Å². The van der Waals surface area contributed by atoms with Crippen LogP contribution in [0.5, 0.6) is 0 Å². The Bertz CT molecular complexity index is 442. The van der Waals surface area contributed by atoms with Crippen LogP contribution in [0.4, 0.5) is 0 Å². The average molecular weight is 230 g/mol. The Kier molecular flexibility index (Phi) is 2.55. The molecule has 2 aliphatic rings. The Balaban J connectivity index is 1.86. The van der Waals surface area contributed by atoms with Gasteiger partial charge >= 0.3 is 0 Å². The van der Waals surface area contributed by atoms with Crippen molar-refractivity contribution < 1.29 is 9.53 Å². The smallest absolute Gasteiger partial charge is 0.169 e. The van der Waals surface area contributed by atoms with Crippen molar-refractivity contribution in [3.8, 4) is 0 Å². The van der Waals surface area contributed by atoms with Gasteiger partial charge in [0.1, 0.15) is 0 Å². The van der Waals surface area contributed by atoms with Gasteiger partial charge in [0.2, 0.25) is 0 Å². The molecular formula is C15H18O2. The van der Waals surface area contributed by atoms with Crippen LogP contribution < -0.4 is 0 Å². The third-order valence-corrected chi connectivity index (χ3v) is 4.50. The number of ether oxygens (including phenoxy) is 1. The fourth-order valence-electron chi connectivity index (χ4n) is 3.41. The van der Waals surface area contributed by atoms with Crippen LogP contribution in [0.15, 0.2) is 24.3 Å². The first-order valence-electron chi connectivity index (χ1n) is 6.41. The SMILES string of the molecule is COC1CCC2(CC1)Cc1ccccc1C2=O. The van der Waals surface area contributed by atoms with Gasteiger partial charge in [-0.15, -0.1) is 0 Å². The second-order valence-electron chi connectivity index (χ2n) is 5.38. The second-order valence-corrected chi connectivity index (χ2v) is 5.38. The molecule has 2 aliphatic carbocycles. The summed E-state index contributed by atoms with van der Waals surface area (Å²) < 4.78 is 5.39. The maximum Gasteiger partial charge on any atom is 0.169 e. The normalized spacial score (nSPS) is 31.8. The third-order valence-electron chi connectivity index (χ3n) is 4.50. The monoisotopic (exact) mass is 230 g/mol. The Morgan fingerprint density at radius 1 is 1.24 bits per heavy atom. The molecule has 1 spiro atoms. The standard InChI is InChI=1S/C15H18O2/c1-17-12-6-8-15(9-7-12)10-11-4-2-3-5-13(11)14(15)16/h2-5,12H,6-10H2,1H3. The molecule has 1 fully saturated rings. The van der Waals surface area contributed by atoms with E-state index in [0.717, 1.165) is 37.7 Å². The van der Waals surface area contributed by atoms with Crippen molar-refractivity contribution in [2.75, 3.05) is 7.11 Å². The highest BCUT2D eigenvalue weighted by molar-refractivity contribution is 6.04.